The Morgan fingerprint density at radius 1 is 1.19 bits per heavy atom. The second-order valence-electron chi connectivity index (χ2n) is 4.17. The van der Waals surface area contributed by atoms with E-state index in [1.807, 2.05) is 0 Å². The summed E-state index contributed by atoms with van der Waals surface area (Å²) in [7, 11) is 0. The van der Waals surface area contributed by atoms with E-state index in [4.69, 9.17) is 28.9 Å². The number of anilines is 2. The van der Waals surface area contributed by atoms with Crippen molar-refractivity contribution in [3.8, 4) is 0 Å². The summed E-state index contributed by atoms with van der Waals surface area (Å²) in [5.41, 5.74) is 5.65. The van der Waals surface area contributed by atoms with Gasteiger partial charge in [-0.3, -0.25) is 0 Å². The molecule has 2 rings (SSSR count). The summed E-state index contributed by atoms with van der Waals surface area (Å²) < 4.78 is 0. The molecule has 1 aliphatic rings. The topological polar surface area (TPSA) is 50.9 Å². The third-order valence-corrected chi connectivity index (χ3v) is 3.49. The molecule has 3 N–H and O–H groups in total. The molecule has 1 heterocycles. The summed E-state index contributed by atoms with van der Waals surface area (Å²) in [6.07, 6.45) is 6.18. The number of halogens is 2. The molecule has 88 valence electrons. The molecule has 1 fully saturated rings. The van der Waals surface area contributed by atoms with Crippen molar-refractivity contribution in [2.24, 2.45) is 0 Å². The zero-order valence-electron chi connectivity index (χ0n) is 8.97. The van der Waals surface area contributed by atoms with E-state index in [0.717, 1.165) is 0 Å². The Kier molecular flexibility index (Phi) is 3.77. The van der Waals surface area contributed by atoms with Crippen LogP contribution < -0.4 is 11.1 Å². The van der Waals surface area contributed by atoms with Crippen LogP contribution in [0.3, 0.4) is 0 Å². The number of hydrogen-bond acceptors (Lipinski definition) is 3. The molecule has 0 aromatic carbocycles. The average Bonchev–Trinajstić information content (AvgIpc) is 2.27. The monoisotopic (exact) mass is 259 g/mol. The summed E-state index contributed by atoms with van der Waals surface area (Å²) >= 11 is 11.9. The van der Waals surface area contributed by atoms with Crippen LogP contribution in [-0.4, -0.2) is 11.0 Å². The lowest BCUT2D eigenvalue weighted by Crippen LogP contribution is -2.23. The van der Waals surface area contributed by atoms with Crippen LogP contribution in [0.1, 0.15) is 32.1 Å². The fourth-order valence-corrected chi connectivity index (χ4v) is 2.44. The highest BCUT2D eigenvalue weighted by Gasteiger charge is 2.15. The van der Waals surface area contributed by atoms with Gasteiger partial charge in [-0.2, -0.15) is 0 Å². The van der Waals surface area contributed by atoms with Gasteiger partial charge in [0.05, 0.1) is 10.0 Å². The van der Waals surface area contributed by atoms with E-state index >= 15 is 0 Å². The van der Waals surface area contributed by atoms with E-state index in [2.05, 4.69) is 10.3 Å². The fraction of sp³-hybridized carbons (Fsp3) is 0.545. The van der Waals surface area contributed by atoms with Crippen molar-refractivity contribution in [1.82, 2.24) is 4.98 Å². The molecule has 0 spiro atoms. The smallest absolute Gasteiger partial charge is 0.147 e. The van der Waals surface area contributed by atoms with E-state index in [0.29, 0.717) is 27.7 Å². The first-order valence-electron chi connectivity index (χ1n) is 5.55. The molecule has 1 aromatic heterocycles. The van der Waals surface area contributed by atoms with Crippen molar-refractivity contribution >= 4 is 34.8 Å². The van der Waals surface area contributed by atoms with Gasteiger partial charge in [-0.1, -0.05) is 42.5 Å². The molecule has 16 heavy (non-hydrogen) atoms. The quantitative estimate of drug-likeness (QED) is 0.852. The van der Waals surface area contributed by atoms with Crippen molar-refractivity contribution < 1.29 is 0 Å². The van der Waals surface area contributed by atoms with E-state index in [9.17, 15) is 0 Å². The van der Waals surface area contributed by atoms with Crippen molar-refractivity contribution in [2.45, 2.75) is 38.1 Å². The summed E-state index contributed by atoms with van der Waals surface area (Å²) in [6, 6.07) is 2.09. The second-order valence-corrected chi connectivity index (χ2v) is 4.98. The molecule has 0 unspecified atom stereocenters. The van der Waals surface area contributed by atoms with E-state index in [1.54, 1.807) is 6.07 Å². The van der Waals surface area contributed by atoms with E-state index in [-0.39, 0.29) is 0 Å². The van der Waals surface area contributed by atoms with Crippen LogP contribution in [0, 0.1) is 0 Å². The van der Waals surface area contributed by atoms with Gasteiger partial charge in [0.15, 0.2) is 0 Å². The van der Waals surface area contributed by atoms with Crippen LogP contribution in [-0.2, 0) is 0 Å². The van der Waals surface area contributed by atoms with Gasteiger partial charge in [0.1, 0.15) is 11.6 Å². The molecule has 1 aromatic rings. The Balaban J connectivity index is 2.11. The van der Waals surface area contributed by atoms with Gasteiger partial charge in [0.2, 0.25) is 0 Å². The van der Waals surface area contributed by atoms with Gasteiger partial charge < -0.3 is 11.1 Å². The fourth-order valence-electron chi connectivity index (χ4n) is 2.02. The van der Waals surface area contributed by atoms with Gasteiger partial charge in [0.25, 0.3) is 0 Å². The van der Waals surface area contributed by atoms with Crippen LogP contribution >= 0.6 is 23.2 Å². The van der Waals surface area contributed by atoms with E-state index in [1.165, 1.54) is 32.1 Å². The first-order chi connectivity index (χ1) is 7.66. The van der Waals surface area contributed by atoms with Crippen molar-refractivity contribution in [3.05, 3.63) is 16.1 Å². The minimum absolute atomic E-state index is 0.323. The highest BCUT2D eigenvalue weighted by atomic mass is 35.5. The molecule has 0 saturated heterocycles. The molecule has 1 aliphatic carbocycles. The first-order valence-corrected chi connectivity index (χ1v) is 6.30. The summed E-state index contributed by atoms with van der Waals surface area (Å²) in [6.45, 7) is 0. The van der Waals surface area contributed by atoms with Crippen molar-refractivity contribution in [2.75, 3.05) is 11.1 Å². The van der Waals surface area contributed by atoms with Crippen LogP contribution in [0.25, 0.3) is 0 Å². The molecule has 5 heteroatoms. The number of nitrogens with one attached hydrogen (secondary N) is 1. The van der Waals surface area contributed by atoms with Crippen molar-refractivity contribution in [3.63, 3.8) is 0 Å². The Bertz CT molecular complexity index is 376. The number of pyridine rings is 1. The summed E-state index contributed by atoms with van der Waals surface area (Å²) in [4.78, 5) is 4.17. The number of nitrogens with zero attached hydrogens (tertiary/aromatic N) is 1. The van der Waals surface area contributed by atoms with Gasteiger partial charge in [0, 0.05) is 6.04 Å². The van der Waals surface area contributed by atoms with Crippen molar-refractivity contribution in [1.29, 1.82) is 0 Å². The lowest BCUT2D eigenvalue weighted by Gasteiger charge is -2.23. The van der Waals surface area contributed by atoms with Gasteiger partial charge >= 0.3 is 0 Å². The second kappa shape index (κ2) is 5.11. The molecular formula is C11H15Cl2N3. The van der Waals surface area contributed by atoms with Gasteiger partial charge in [-0.15, -0.1) is 0 Å². The molecular weight excluding hydrogens is 245 g/mol. The maximum absolute atomic E-state index is 6.06. The summed E-state index contributed by atoms with van der Waals surface area (Å²) in [5.74, 6) is 0.972. The maximum Gasteiger partial charge on any atom is 0.147 e. The highest BCUT2D eigenvalue weighted by molar-refractivity contribution is 6.37. The SMILES string of the molecule is Nc1nc(NC2CCCCC2)c(Cl)cc1Cl. The Morgan fingerprint density at radius 2 is 1.88 bits per heavy atom. The average molecular weight is 260 g/mol. The molecule has 0 aliphatic heterocycles. The Morgan fingerprint density at radius 3 is 2.56 bits per heavy atom. The lowest BCUT2D eigenvalue weighted by atomic mass is 9.95. The number of nitrogens with two attached hydrogens (primary N) is 1. The molecule has 0 bridgehead atoms. The predicted molar refractivity (Wildman–Crippen MR) is 69.2 cm³/mol. The molecule has 0 atom stereocenters. The predicted octanol–water partition coefficient (Wildman–Crippen LogP) is 3.72. The minimum Gasteiger partial charge on any atom is -0.382 e. The zero-order chi connectivity index (χ0) is 11.5. The number of aromatic nitrogens is 1. The standard InChI is InChI=1S/C11H15Cl2N3/c12-8-6-9(13)11(16-10(8)14)15-7-4-2-1-3-5-7/h6-7H,1-5H2,(H3,14,15,16). The zero-order valence-corrected chi connectivity index (χ0v) is 10.5. The molecule has 0 amide bonds. The Hall–Kier alpha value is -0.670. The highest BCUT2D eigenvalue weighted by Crippen LogP contribution is 2.29. The molecule has 0 radical (unpaired) electrons. The van der Waals surface area contributed by atoms with Crippen LogP contribution in [0.15, 0.2) is 6.07 Å². The van der Waals surface area contributed by atoms with Crippen LogP contribution in [0.5, 0.6) is 0 Å². The number of nitrogen functional groups attached to an aromatic ring is 1. The maximum atomic E-state index is 6.06. The Labute approximate surface area is 105 Å². The third-order valence-electron chi connectivity index (χ3n) is 2.90. The largest absolute Gasteiger partial charge is 0.382 e. The lowest BCUT2D eigenvalue weighted by molar-refractivity contribution is 0.462. The normalized spacial score (nSPS) is 17.4. The molecule has 1 saturated carbocycles. The number of rotatable bonds is 2. The molecule has 3 nitrogen and oxygen atoms in total. The van der Waals surface area contributed by atoms with Crippen LogP contribution in [0.2, 0.25) is 10.0 Å². The summed E-state index contributed by atoms with van der Waals surface area (Å²) in [5, 5.41) is 4.27. The minimum atomic E-state index is 0.323. The first kappa shape index (κ1) is 11.8. The van der Waals surface area contributed by atoms with Gasteiger partial charge in [-0.05, 0) is 18.9 Å². The van der Waals surface area contributed by atoms with E-state index < -0.39 is 0 Å². The number of hydrogen-bond donors (Lipinski definition) is 2. The third kappa shape index (κ3) is 2.71. The van der Waals surface area contributed by atoms with Crippen LogP contribution in [0.4, 0.5) is 11.6 Å². The van der Waals surface area contributed by atoms with Gasteiger partial charge in [-0.25, -0.2) is 4.98 Å².